The lowest BCUT2D eigenvalue weighted by Gasteiger charge is -2.35. The van der Waals surface area contributed by atoms with E-state index in [2.05, 4.69) is 10.6 Å². The number of carbonyl (C=O) groups excluding carboxylic acids is 2. The predicted molar refractivity (Wildman–Crippen MR) is 126 cm³/mol. The number of amides is 3. The molecule has 2 N–H and O–H groups in total. The molecule has 1 unspecified atom stereocenters. The van der Waals surface area contributed by atoms with Gasteiger partial charge in [0.05, 0.1) is 28.0 Å². The van der Waals surface area contributed by atoms with Crippen molar-refractivity contribution >= 4 is 69.9 Å². The molecule has 2 aromatic rings. The average molecular weight is 505 g/mol. The Labute approximate surface area is 200 Å². The van der Waals surface area contributed by atoms with Gasteiger partial charge in [-0.15, -0.1) is 0 Å². The molecule has 3 rings (SSSR count). The Morgan fingerprint density at radius 2 is 1.55 bits per heavy atom. The fraction of sp³-hybridized carbons (Fsp3) is 0.333. The third-order valence-corrected chi connectivity index (χ3v) is 6.01. The number of anilines is 2. The summed E-state index contributed by atoms with van der Waals surface area (Å²) in [7, 11) is 0. The summed E-state index contributed by atoms with van der Waals surface area (Å²) in [4.78, 5) is 26.6. The first-order chi connectivity index (χ1) is 14.8. The number of likely N-dealkylation sites (tertiary alicyclic amines) is 1. The van der Waals surface area contributed by atoms with Crippen LogP contribution in [-0.2, 0) is 4.74 Å². The third kappa shape index (κ3) is 6.81. The van der Waals surface area contributed by atoms with Crippen LogP contribution < -0.4 is 10.6 Å². The summed E-state index contributed by atoms with van der Waals surface area (Å²) in [6, 6.07) is 9.36. The minimum Gasteiger partial charge on any atom is -0.449 e. The lowest BCUT2D eigenvalue weighted by molar-refractivity contribution is 0.123. The van der Waals surface area contributed by atoms with E-state index < -0.39 is 6.09 Å². The second-order valence-electron chi connectivity index (χ2n) is 7.07. The van der Waals surface area contributed by atoms with E-state index in [4.69, 9.17) is 51.1 Å². The molecule has 1 saturated heterocycles. The minimum absolute atomic E-state index is 0.0493. The Balaban J connectivity index is 1.52. The van der Waals surface area contributed by atoms with Crippen molar-refractivity contribution in [2.75, 3.05) is 23.8 Å². The quantitative estimate of drug-likeness (QED) is 0.447. The monoisotopic (exact) mass is 503 g/mol. The van der Waals surface area contributed by atoms with Crippen LogP contribution in [0, 0.1) is 0 Å². The van der Waals surface area contributed by atoms with Gasteiger partial charge in [-0.05, 0) is 55.7 Å². The summed E-state index contributed by atoms with van der Waals surface area (Å²) in [5.74, 6) is 0. The maximum absolute atomic E-state index is 12.8. The zero-order valence-corrected chi connectivity index (χ0v) is 19.5. The van der Waals surface area contributed by atoms with Gasteiger partial charge in [0.2, 0.25) is 0 Å². The molecule has 166 valence electrons. The number of nitrogens with one attached hydrogen (secondary N) is 2. The topological polar surface area (TPSA) is 70.7 Å². The van der Waals surface area contributed by atoms with Crippen LogP contribution >= 0.6 is 46.4 Å². The molecule has 0 spiro atoms. The predicted octanol–water partition coefficient (Wildman–Crippen LogP) is 7.33. The first-order valence-corrected chi connectivity index (χ1v) is 11.3. The van der Waals surface area contributed by atoms with E-state index >= 15 is 0 Å². The fourth-order valence-corrected chi connectivity index (χ4v) is 4.28. The Morgan fingerprint density at radius 3 is 2.16 bits per heavy atom. The highest BCUT2D eigenvalue weighted by Gasteiger charge is 2.27. The summed E-state index contributed by atoms with van der Waals surface area (Å²) in [5.41, 5.74) is 0.908. The van der Waals surface area contributed by atoms with Crippen LogP contribution in [0.3, 0.4) is 0 Å². The fourth-order valence-electron chi connectivity index (χ4n) is 3.37. The molecule has 0 aromatic heterocycles. The van der Waals surface area contributed by atoms with Gasteiger partial charge in [-0.2, -0.15) is 0 Å². The number of benzene rings is 2. The molecule has 6 nitrogen and oxygen atoms in total. The first-order valence-electron chi connectivity index (χ1n) is 9.75. The van der Waals surface area contributed by atoms with Gasteiger partial charge in [-0.25, -0.2) is 9.59 Å². The molecular weight excluding hydrogens is 484 g/mol. The van der Waals surface area contributed by atoms with Crippen molar-refractivity contribution in [3.63, 3.8) is 0 Å². The summed E-state index contributed by atoms with van der Waals surface area (Å²) in [5, 5.41) is 7.07. The molecule has 1 fully saturated rings. The Morgan fingerprint density at radius 1 is 0.935 bits per heavy atom. The molecule has 0 saturated carbocycles. The van der Waals surface area contributed by atoms with Gasteiger partial charge < -0.3 is 15.0 Å². The van der Waals surface area contributed by atoms with Crippen LogP contribution in [0.2, 0.25) is 20.1 Å². The molecule has 0 radical (unpaired) electrons. The van der Waals surface area contributed by atoms with Crippen molar-refractivity contribution in [1.29, 1.82) is 0 Å². The molecule has 31 heavy (non-hydrogen) atoms. The van der Waals surface area contributed by atoms with Crippen LogP contribution in [0.1, 0.15) is 25.7 Å². The number of hydrogen-bond donors (Lipinski definition) is 2. The molecule has 2 aromatic carbocycles. The van der Waals surface area contributed by atoms with E-state index in [1.54, 1.807) is 35.2 Å². The van der Waals surface area contributed by atoms with Crippen LogP contribution in [-0.4, -0.2) is 36.2 Å². The zero-order valence-electron chi connectivity index (χ0n) is 16.5. The molecular formula is C21H21Cl4N3O3. The van der Waals surface area contributed by atoms with Gasteiger partial charge in [-0.3, -0.25) is 5.32 Å². The van der Waals surface area contributed by atoms with E-state index in [-0.39, 0.29) is 18.7 Å². The van der Waals surface area contributed by atoms with Gasteiger partial charge >= 0.3 is 12.1 Å². The number of hydrogen-bond acceptors (Lipinski definition) is 3. The molecule has 1 heterocycles. The van der Waals surface area contributed by atoms with Crippen molar-refractivity contribution in [3.05, 3.63) is 56.5 Å². The second-order valence-corrected chi connectivity index (χ2v) is 8.76. The lowest BCUT2D eigenvalue weighted by Crippen LogP contribution is -2.46. The van der Waals surface area contributed by atoms with E-state index in [9.17, 15) is 9.59 Å². The van der Waals surface area contributed by atoms with Gasteiger partial charge in [0.15, 0.2) is 0 Å². The molecule has 10 heteroatoms. The van der Waals surface area contributed by atoms with E-state index in [0.29, 0.717) is 44.4 Å². The highest BCUT2D eigenvalue weighted by atomic mass is 35.5. The first kappa shape index (κ1) is 23.8. The lowest BCUT2D eigenvalue weighted by atomic mass is 10.00. The molecule has 1 aliphatic heterocycles. The Bertz CT molecular complexity index is 957. The summed E-state index contributed by atoms with van der Waals surface area (Å²) < 4.78 is 5.28. The van der Waals surface area contributed by atoms with Crippen molar-refractivity contribution in [2.45, 2.75) is 31.7 Å². The van der Waals surface area contributed by atoms with Gasteiger partial charge in [0.25, 0.3) is 0 Å². The Kier molecular flexibility index (Phi) is 8.55. The zero-order chi connectivity index (χ0) is 22.4. The number of ether oxygens (including phenoxy) is 1. The standard InChI is InChI=1S/C21H21Cl4N3O3/c22-13-4-6-18(16(24)11-13)26-20(29)28-9-2-1-3-15(28)8-10-31-21(30)27-19-7-5-14(23)12-17(19)25/h4-7,11-12,15H,1-3,8-10H2,(H,26,29)(H,27,30). The summed E-state index contributed by atoms with van der Waals surface area (Å²) >= 11 is 24.0. The number of urea groups is 1. The van der Waals surface area contributed by atoms with Crippen LogP contribution in [0.25, 0.3) is 0 Å². The van der Waals surface area contributed by atoms with Crippen molar-refractivity contribution in [1.82, 2.24) is 4.90 Å². The normalized spacial score (nSPS) is 16.0. The van der Waals surface area contributed by atoms with E-state index in [0.717, 1.165) is 19.3 Å². The molecule has 1 aliphatic rings. The summed E-state index contributed by atoms with van der Waals surface area (Å²) in [6.07, 6.45) is 2.64. The van der Waals surface area contributed by atoms with Crippen molar-refractivity contribution in [2.24, 2.45) is 0 Å². The SMILES string of the molecule is O=C(Nc1ccc(Cl)cc1Cl)OCCC1CCCCN1C(=O)Nc1ccc(Cl)cc1Cl. The minimum atomic E-state index is -0.621. The highest BCUT2D eigenvalue weighted by molar-refractivity contribution is 6.37. The Hall–Kier alpha value is -1.86. The van der Waals surface area contributed by atoms with Crippen LogP contribution in [0.4, 0.5) is 21.0 Å². The number of carbonyl (C=O) groups is 2. The van der Waals surface area contributed by atoms with Gasteiger partial charge in [0, 0.05) is 29.1 Å². The number of piperidine rings is 1. The highest BCUT2D eigenvalue weighted by Crippen LogP contribution is 2.28. The molecule has 1 atom stereocenters. The molecule has 0 aliphatic carbocycles. The van der Waals surface area contributed by atoms with Gasteiger partial charge in [0.1, 0.15) is 0 Å². The van der Waals surface area contributed by atoms with Gasteiger partial charge in [-0.1, -0.05) is 46.4 Å². The van der Waals surface area contributed by atoms with Crippen LogP contribution in [0.15, 0.2) is 36.4 Å². The number of rotatable bonds is 5. The van der Waals surface area contributed by atoms with Crippen LogP contribution in [0.5, 0.6) is 0 Å². The second kappa shape index (κ2) is 11.1. The van der Waals surface area contributed by atoms with E-state index in [1.165, 1.54) is 6.07 Å². The van der Waals surface area contributed by atoms with Crippen molar-refractivity contribution < 1.29 is 14.3 Å². The maximum atomic E-state index is 12.8. The molecule has 3 amide bonds. The smallest absolute Gasteiger partial charge is 0.411 e. The molecule has 0 bridgehead atoms. The third-order valence-electron chi connectivity index (χ3n) is 4.91. The van der Waals surface area contributed by atoms with E-state index in [1.807, 2.05) is 0 Å². The average Bonchev–Trinajstić information content (AvgIpc) is 2.72. The maximum Gasteiger partial charge on any atom is 0.411 e. The summed E-state index contributed by atoms with van der Waals surface area (Å²) in [6.45, 7) is 0.779. The number of nitrogens with zero attached hydrogens (tertiary/aromatic N) is 1. The number of halogens is 4. The largest absolute Gasteiger partial charge is 0.449 e. The van der Waals surface area contributed by atoms with Crippen molar-refractivity contribution in [3.8, 4) is 0 Å².